The van der Waals surface area contributed by atoms with Crippen LogP contribution in [0.1, 0.15) is 27.7 Å². The van der Waals surface area contributed by atoms with E-state index >= 15 is 0 Å². The molecule has 3 nitrogen and oxygen atoms in total. The van der Waals surface area contributed by atoms with Gasteiger partial charge in [0.25, 0.3) is 5.91 Å². The molecule has 0 saturated heterocycles. The zero-order valence-electron chi connectivity index (χ0n) is 13.8. The van der Waals surface area contributed by atoms with Crippen molar-refractivity contribution in [3.63, 3.8) is 0 Å². The van der Waals surface area contributed by atoms with Crippen LogP contribution in [0.5, 0.6) is 0 Å². The van der Waals surface area contributed by atoms with Crippen molar-refractivity contribution in [2.24, 2.45) is 0 Å². The van der Waals surface area contributed by atoms with Crippen molar-refractivity contribution in [1.82, 2.24) is 4.90 Å². The molecule has 130 valence electrons. The van der Waals surface area contributed by atoms with Gasteiger partial charge in [-0.05, 0) is 42.0 Å². The van der Waals surface area contributed by atoms with E-state index in [0.717, 1.165) is 26.9 Å². The molecule has 0 unspecified atom stereocenters. The van der Waals surface area contributed by atoms with Gasteiger partial charge in [0.05, 0.1) is 0 Å². The Bertz CT molecular complexity index is 958. The number of hydrogen-bond donors (Lipinski definition) is 1. The summed E-state index contributed by atoms with van der Waals surface area (Å²) in [5, 5.41) is 4.15. The van der Waals surface area contributed by atoms with Crippen LogP contribution in [0, 0.1) is 0 Å². The largest absolute Gasteiger partial charge is 0.361 e. The van der Waals surface area contributed by atoms with E-state index in [0.29, 0.717) is 11.6 Å². The van der Waals surface area contributed by atoms with Crippen molar-refractivity contribution in [3.05, 3.63) is 99.0 Å². The van der Waals surface area contributed by atoms with Gasteiger partial charge in [0.1, 0.15) is 6.17 Å². The molecule has 0 spiro atoms. The molecule has 5 heteroatoms. The van der Waals surface area contributed by atoms with E-state index in [-0.39, 0.29) is 12.1 Å². The SMILES string of the molecule is O=C1c2ccccc2[C@H](Nc2ccc(Br)cc2)N1Cc1ccccc1Cl. The van der Waals surface area contributed by atoms with Crippen LogP contribution >= 0.6 is 27.5 Å². The van der Waals surface area contributed by atoms with Crippen LogP contribution in [0.2, 0.25) is 5.02 Å². The number of carbonyl (C=O) groups excluding carboxylic acids is 1. The fourth-order valence-electron chi connectivity index (χ4n) is 3.20. The maximum atomic E-state index is 13.0. The molecular weight excluding hydrogens is 412 g/mol. The Hall–Kier alpha value is -2.30. The summed E-state index contributed by atoms with van der Waals surface area (Å²) in [6.45, 7) is 0.446. The normalized spacial score (nSPS) is 15.8. The van der Waals surface area contributed by atoms with Crippen LogP contribution in [0.15, 0.2) is 77.3 Å². The lowest BCUT2D eigenvalue weighted by Crippen LogP contribution is -2.32. The third-order valence-electron chi connectivity index (χ3n) is 4.50. The maximum Gasteiger partial charge on any atom is 0.256 e. The highest BCUT2D eigenvalue weighted by Crippen LogP contribution is 2.36. The molecule has 3 aromatic rings. The number of benzene rings is 3. The van der Waals surface area contributed by atoms with Crippen molar-refractivity contribution in [1.29, 1.82) is 0 Å². The quantitative estimate of drug-likeness (QED) is 0.565. The summed E-state index contributed by atoms with van der Waals surface area (Å²) in [6, 6.07) is 23.3. The van der Waals surface area contributed by atoms with Gasteiger partial charge in [0.15, 0.2) is 0 Å². The Morgan fingerprint density at radius 3 is 2.42 bits per heavy atom. The van der Waals surface area contributed by atoms with Crippen molar-refractivity contribution in [3.8, 4) is 0 Å². The third kappa shape index (κ3) is 3.22. The number of anilines is 1. The van der Waals surface area contributed by atoms with Gasteiger partial charge in [-0.2, -0.15) is 0 Å². The molecule has 0 fully saturated rings. The minimum absolute atomic E-state index is 0.00938. The van der Waals surface area contributed by atoms with Crippen LogP contribution in [0.4, 0.5) is 5.69 Å². The van der Waals surface area contributed by atoms with Crippen molar-refractivity contribution < 1.29 is 4.79 Å². The lowest BCUT2D eigenvalue weighted by molar-refractivity contribution is 0.0729. The number of nitrogens with zero attached hydrogens (tertiary/aromatic N) is 1. The van der Waals surface area contributed by atoms with Crippen LogP contribution in [0.3, 0.4) is 0 Å². The van der Waals surface area contributed by atoms with E-state index in [1.54, 1.807) is 0 Å². The van der Waals surface area contributed by atoms with Gasteiger partial charge in [-0.25, -0.2) is 0 Å². The molecular formula is C21H16BrClN2O. The van der Waals surface area contributed by atoms with Gasteiger partial charge in [-0.3, -0.25) is 4.79 Å². The summed E-state index contributed by atoms with van der Waals surface area (Å²) in [5.41, 5.74) is 3.59. The third-order valence-corrected chi connectivity index (χ3v) is 5.40. The van der Waals surface area contributed by atoms with Gasteiger partial charge in [0.2, 0.25) is 0 Å². The molecule has 3 aromatic carbocycles. The van der Waals surface area contributed by atoms with Gasteiger partial charge < -0.3 is 10.2 Å². The summed E-state index contributed by atoms with van der Waals surface area (Å²) >= 11 is 9.77. The second kappa shape index (κ2) is 7.14. The van der Waals surface area contributed by atoms with E-state index in [4.69, 9.17) is 11.6 Å². The summed E-state index contributed by atoms with van der Waals surface area (Å²) in [5.74, 6) is 0.00938. The first-order valence-corrected chi connectivity index (χ1v) is 9.46. The first kappa shape index (κ1) is 17.1. The van der Waals surface area contributed by atoms with Crippen molar-refractivity contribution in [2.45, 2.75) is 12.7 Å². The van der Waals surface area contributed by atoms with E-state index in [9.17, 15) is 4.79 Å². The molecule has 1 aliphatic heterocycles. The Balaban J connectivity index is 1.70. The highest BCUT2D eigenvalue weighted by molar-refractivity contribution is 9.10. The topological polar surface area (TPSA) is 32.3 Å². The molecule has 1 amide bonds. The van der Waals surface area contributed by atoms with E-state index in [1.165, 1.54) is 0 Å². The average molecular weight is 428 g/mol. The van der Waals surface area contributed by atoms with Crippen LogP contribution in [-0.4, -0.2) is 10.8 Å². The second-order valence-electron chi connectivity index (χ2n) is 6.17. The van der Waals surface area contributed by atoms with Crippen molar-refractivity contribution >= 4 is 39.1 Å². The standard InChI is InChI=1S/C21H16BrClN2O/c22-15-9-11-16(12-10-15)24-20-17-6-2-3-7-18(17)21(26)25(20)13-14-5-1-4-8-19(14)23/h1-12,20,24H,13H2/t20-/m1/s1. The van der Waals surface area contributed by atoms with Gasteiger partial charge in [0, 0.05) is 32.9 Å². The summed E-state index contributed by atoms with van der Waals surface area (Å²) < 4.78 is 1.01. The Labute approximate surface area is 165 Å². The maximum absolute atomic E-state index is 13.0. The highest BCUT2D eigenvalue weighted by atomic mass is 79.9. The lowest BCUT2D eigenvalue weighted by atomic mass is 10.1. The number of rotatable bonds is 4. The number of fused-ring (bicyclic) bond motifs is 1. The summed E-state index contributed by atoms with van der Waals surface area (Å²) in [7, 11) is 0. The van der Waals surface area contributed by atoms with Crippen LogP contribution < -0.4 is 5.32 Å². The fourth-order valence-corrected chi connectivity index (χ4v) is 3.66. The number of carbonyl (C=O) groups is 1. The van der Waals surface area contributed by atoms with Crippen molar-refractivity contribution in [2.75, 3.05) is 5.32 Å². The zero-order chi connectivity index (χ0) is 18.1. The molecule has 0 aromatic heterocycles. The van der Waals surface area contributed by atoms with E-state index < -0.39 is 0 Å². The number of hydrogen-bond acceptors (Lipinski definition) is 2. The number of amides is 1. The highest BCUT2D eigenvalue weighted by Gasteiger charge is 2.36. The first-order valence-electron chi connectivity index (χ1n) is 8.29. The molecule has 1 heterocycles. The minimum atomic E-state index is -0.240. The Kier molecular flexibility index (Phi) is 4.70. The molecule has 4 rings (SSSR count). The summed E-state index contributed by atoms with van der Waals surface area (Å²) in [4.78, 5) is 14.8. The zero-order valence-corrected chi connectivity index (χ0v) is 16.2. The van der Waals surface area contributed by atoms with E-state index in [1.807, 2.05) is 77.7 Å². The minimum Gasteiger partial charge on any atom is -0.361 e. The molecule has 0 radical (unpaired) electrons. The predicted octanol–water partition coefficient (Wildman–Crippen LogP) is 5.87. The Morgan fingerprint density at radius 1 is 0.962 bits per heavy atom. The van der Waals surface area contributed by atoms with E-state index in [2.05, 4.69) is 21.2 Å². The summed E-state index contributed by atoms with van der Waals surface area (Å²) in [6.07, 6.45) is -0.240. The molecule has 0 aliphatic carbocycles. The van der Waals surface area contributed by atoms with Gasteiger partial charge in [-0.1, -0.05) is 63.9 Å². The lowest BCUT2D eigenvalue weighted by Gasteiger charge is -2.27. The Morgan fingerprint density at radius 2 is 1.65 bits per heavy atom. The smallest absolute Gasteiger partial charge is 0.256 e. The number of halogens is 2. The molecule has 1 aliphatic rings. The van der Waals surface area contributed by atoms with Gasteiger partial charge in [-0.15, -0.1) is 0 Å². The molecule has 26 heavy (non-hydrogen) atoms. The number of nitrogens with one attached hydrogen (secondary N) is 1. The molecule has 0 saturated carbocycles. The fraction of sp³-hybridized carbons (Fsp3) is 0.0952. The van der Waals surface area contributed by atoms with Crippen LogP contribution in [-0.2, 0) is 6.54 Å². The molecule has 1 atom stereocenters. The monoisotopic (exact) mass is 426 g/mol. The van der Waals surface area contributed by atoms with Gasteiger partial charge >= 0.3 is 0 Å². The van der Waals surface area contributed by atoms with Crippen LogP contribution in [0.25, 0.3) is 0 Å². The second-order valence-corrected chi connectivity index (χ2v) is 7.49. The molecule has 0 bridgehead atoms. The predicted molar refractivity (Wildman–Crippen MR) is 108 cm³/mol. The average Bonchev–Trinajstić information content (AvgIpc) is 2.91. The molecule has 1 N–H and O–H groups in total. The first-order chi connectivity index (χ1) is 12.6.